The molecular formula is C12H23NO. The van der Waals surface area contributed by atoms with Crippen molar-refractivity contribution in [3.63, 3.8) is 0 Å². The number of rotatable bonds is 8. The van der Waals surface area contributed by atoms with Crippen LogP contribution in [0, 0.1) is 11.8 Å². The number of nitrogens with two attached hydrogens (primary N) is 1. The van der Waals surface area contributed by atoms with Gasteiger partial charge in [-0.3, -0.25) is 4.79 Å². The third kappa shape index (κ3) is 4.12. The van der Waals surface area contributed by atoms with E-state index in [-0.39, 0.29) is 11.8 Å². The molecule has 1 aliphatic rings. The number of amides is 1. The average molecular weight is 197 g/mol. The smallest absolute Gasteiger partial charge is 0.220 e. The van der Waals surface area contributed by atoms with E-state index in [1.165, 1.54) is 44.9 Å². The second-order valence-electron chi connectivity index (χ2n) is 4.56. The molecule has 2 atom stereocenters. The molecule has 0 aliphatic heterocycles. The first-order valence-corrected chi connectivity index (χ1v) is 6.05. The lowest BCUT2D eigenvalue weighted by Crippen LogP contribution is -2.13. The minimum atomic E-state index is -0.0824. The zero-order valence-corrected chi connectivity index (χ0v) is 9.30. The van der Waals surface area contributed by atoms with Crippen LogP contribution >= 0.6 is 0 Å². The molecule has 1 rings (SSSR count). The van der Waals surface area contributed by atoms with Crippen LogP contribution in [0.15, 0.2) is 0 Å². The predicted molar refractivity (Wildman–Crippen MR) is 58.8 cm³/mol. The van der Waals surface area contributed by atoms with Gasteiger partial charge in [0.05, 0.1) is 0 Å². The van der Waals surface area contributed by atoms with E-state index in [4.69, 9.17) is 5.73 Å². The van der Waals surface area contributed by atoms with E-state index in [1.807, 2.05) is 0 Å². The van der Waals surface area contributed by atoms with Gasteiger partial charge in [0.25, 0.3) is 0 Å². The Morgan fingerprint density at radius 2 is 1.86 bits per heavy atom. The molecule has 0 unspecified atom stereocenters. The van der Waals surface area contributed by atoms with E-state index in [0.29, 0.717) is 5.92 Å². The quantitative estimate of drug-likeness (QED) is 0.597. The molecule has 82 valence electrons. The lowest BCUT2D eigenvalue weighted by Gasteiger charge is -1.99. The van der Waals surface area contributed by atoms with Crippen LogP contribution in [-0.4, -0.2) is 5.91 Å². The molecule has 0 bridgehead atoms. The first kappa shape index (κ1) is 11.5. The minimum Gasteiger partial charge on any atom is -0.369 e. The first-order valence-electron chi connectivity index (χ1n) is 6.05. The lowest BCUT2D eigenvalue weighted by atomic mass is 10.1. The summed E-state index contributed by atoms with van der Waals surface area (Å²) in [5.41, 5.74) is 5.22. The van der Waals surface area contributed by atoms with Gasteiger partial charge in [0.2, 0.25) is 5.91 Å². The van der Waals surface area contributed by atoms with E-state index in [0.717, 1.165) is 6.42 Å². The van der Waals surface area contributed by atoms with Crippen molar-refractivity contribution in [2.24, 2.45) is 17.6 Å². The first-order chi connectivity index (χ1) is 6.75. The van der Waals surface area contributed by atoms with Crippen LogP contribution < -0.4 is 5.73 Å². The summed E-state index contributed by atoms with van der Waals surface area (Å²) >= 11 is 0. The monoisotopic (exact) mass is 197 g/mol. The van der Waals surface area contributed by atoms with Crippen molar-refractivity contribution < 1.29 is 4.79 Å². The fourth-order valence-corrected chi connectivity index (χ4v) is 2.10. The van der Waals surface area contributed by atoms with Gasteiger partial charge in [-0.1, -0.05) is 45.4 Å². The summed E-state index contributed by atoms with van der Waals surface area (Å²) in [5.74, 6) is 0.783. The highest BCUT2D eigenvalue weighted by molar-refractivity contribution is 5.79. The van der Waals surface area contributed by atoms with E-state index < -0.39 is 0 Å². The average Bonchev–Trinajstić information content (AvgIpc) is 2.90. The summed E-state index contributed by atoms with van der Waals surface area (Å²) in [6.45, 7) is 2.24. The fraction of sp³-hybridized carbons (Fsp3) is 0.917. The number of primary amides is 1. The summed E-state index contributed by atoms with van der Waals surface area (Å²) in [5, 5.41) is 0. The van der Waals surface area contributed by atoms with Crippen molar-refractivity contribution >= 4 is 5.91 Å². The molecule has 14 heavy (non-hydrogen) atoms. The van der Waals surface area contributed by atoms with Crippen LogP contribution in [0.1, 0.15) is 58.3 Å². The topological polar surface area (TPSA) is 43.1 Å². The molecule has 0 aromatic rings. The largest absolute Gasteiger partial charge is 0.369 e. The lowest BCUT2D eigenvalue weighted by molar-refractivity contribution is -0.119. The van der Waals surface area contributed by atoms with Gasteiger partial charge in [0.1, 0.15) is 0 Å². The summed E-state index contributed by atoms with van der Waals surface area (Å²) in [6, 6.07) is 0. The third-order valence-corrected chi connectivity index (χ3v) is 3.22. The van der Waals surface area contributed by atoms with Gasteiger partial charge in [0, 0.05) is 5.92 Å². The molecule has 0 aromatic heterocycles. The Morgan fingerprint density at radius 3 is 2.43 bits per heavy atom. The molecule has 1 amide bonds. The highest BCUT2D eigenvalue weighted by Crippen LogP contribution is 2.41. The maximum atomic E-state index is 10.8. The number of carbonyl (C=O) groups is 1. The third-order valence-electron chi connectivity index (χ3n) is 3.22. The number of unbranched alkanes of at least 4 members (excludes halogenated alkanes) is 5. The van der Waals surface area contributed by atoms with E-state index in [1.54, 1.807) is 0 Å². The fourth-order valence-electron chi connectivity index (χ4n) is 2.10. The normalized spacial score (nSPS) is 24.9. The summed E-state index contributed by atoms with van der Waals surface area (Å²) < 4.78 is 0. The Bertz CT molecular complexity index is 179. The molecule has 0 saturated heterocycles. The van der Waals surface area contributed by atoms with Crippen molar-refractivity contribution in [2.45, 2.75) is 58.3 Å². The molecule has 0 spiro atoms. The van der Waals surface area contributed by atoms with Crippen LogP contribution in [0.4, 0.5) is 0 Å². The van der Waals surface area contributed by atoms with Gasteiger partial charge >= 0.3 is 0 Å². The van der Waals surface area contributed by atoms with Crippen LogP contribution in [0.2, 0.25) is 0 Å². The molecule has 0 aromatic carbocycles. The van der Waals surface area contributed by atoms with Gasteiger partial charge in [-0.15, -0.1) is 0 Å². The van der Waals surface area contributed by atoms with Crippen molar-refractivity contribution in [2.75, 3.05) is 0 Å². The molecule has 0 radical (unpaired) electrons. The zero-order valence-electron chi connectivity index (χ0n) is 9.30. The van der Waals surface area contributed by atoms with E-state index in [2.05, 4.69) is 6.92 Å². The highest BCUT2D eigenvalue weighted by Gasteiger charge is 2.40. The van der Waals surface area contributed by atoms with E-state index in [9.17, 15) is 4.79 Å². The van der Waals surface area contributed by atoms with Crippen molar-refractivity contribution in [1.29, 1.82) is 0 Å². The zero-order chi connectivity index (χ0) is 10.4. The van der Waals surface area contributed by atoms with Gasteiger partial charge in [-0.2, -0.15) is 0 Å². The Hall–Kier alpha value is -0.530. The molecule has 1 aliphatic carbocycles. The maximum absolute atomic E-state index is 10.8. The van der Waals surface area contributed by atoms with E-state index >= 15 is 0 Å². The van der Waals surface area contributed by atoms with Gasteiger partial charge in [-0.05, 0) is 18.8 Å². The van der Waals surface area contributed by atoms with Gasteiger partial charge < -0.3 is 5.73 Å². The van der Waals surface area contributed by atoms with Crippen LogP contribution in [0.5, 0.6) is 0 Å². The van der Waals surface area contributed by atoms with Crippen LogP contribution in [-0.2, 0) is 4.79 Å². The molecular weight excluding hydrogens is 174 g/mol. The SMILES string of the molecule is CCCCCCCC[C@H]1C[C@@H]1C(N)=O. The van der Waals surface area contributed by atoms with Gasteiger partial charge in [-0.25, -0.2) is 0 Å². The second-order valence-corrected chi connectivity index (χ2v) is 4.56. The molecule has 2 nitrogen and oxygen atoms in total. The van der Waals surface area contributed by atoms with Crippen molar-refractivity contribution in [3.05, 3.63) is 0 Å². The van der Waals surface area contributed by atoms with Crippen LogP contribution in [0.3, 0.4) is 0 Å². The molecule has 1 fully saturated rings. The van der Waals surface area contributed by atoms with Crippen LogP contribution in [0.25, 0.3) is 0 Å². The predicted octanol–water partition coefficient (Wildman–Crippen LogP) is 2.86. The second kappa shape index (κ2) is 6.05. The molecule has 0 heterocycles. The minimum absolute atomic E-state index is 0.0824. The summed E-state index contributed by atoms with van der Waals surface area (Å²) in [4.78, 5) is 10.8. The standard InChI is InChI=1S/C12H23NO/c1-2-3-4-5-6-7-8-10-9-11(10)12(13)14/h10-11H,2-9H2,1H3,(H2,13,14)/t10-,11-/m0/s1. The molecule has 1 saturated carbocycles. The summed E-state index contributed by atoms with van der Waals surface area (Å²) in [7, 11) is 0. The highest BCUT2D eigenvalue weighted by atomic mass is 16.1. The number of hydrogen-bond acceptors (Lipinski definition) is 1. The van der Waals surface area contributed by atoms with Crippen molar-refractivity contribution in [1.82, 2.24) is 0 Å². The maximum Gasteiger partial charge on any atom is 0.220 e. The number of hydrogen-bond donors (Lipinski definition) is 1. The Kier molecular flexibility index (Phi) is 4.99. The Morgan fingerprint density at radius 1 is 1.21 bits per heavy atom. The van der Waals surface area contributed by atoms with Gasteiger partial charge in [0.15, 0.2) is 0 Å². The number of carbonyl (C=O) groups excluding carboxylic acids is 1. The molecule has 2 N–H and O–H groups in total. The Labute approximate surface area is 87.2 Å². The van der Waals surface area contributed by atoms with Crippen molar-refractivity contribution in [3.8, 4) is 0 Å². The molecule has 2 heteroatoms. The summed E-state index contributed by atoms with van der Waals surface area (Å²) in [6.07, 6.45) is 10.3. The Balaban J connectivity index is 1.84.